The van der Waals surface area contributed by atoms with Crippen molar-refractivity contribution in [3.8, 4) is 0 Å². The minimum atomic E-state index is -0.209. The van der Waals surface area contributed by atoms with Gasteiger partial charge in [0.15, 0.2) is 0 Å². The van der Waals surface area contributed by atoms with Crippen LogP contribution in [0.4, 0.5) is 5.69 Å². The van der Waals surface area contributed by atoms with Crippen molar-refractivity contribution < 1.29 is 14.3 Å². The first-order valence-corrected chi connectivity index (χ1v) is 6.85. The molecule has 2 rings (SSSR count). The van der Waals surface area contributed by atoms with Crippen LogP contribution in [-0.2, 0) is 9.53 Å². The minimum Gasteiger partial charge on any atom is -0.379 e. The van der Waals surface area contributed by atoms with E-state index in [2.05, 4.69) is 19.2 Å². The number of ether oxygens (including phenoxy) is 1. The number of benzene rings is 1. The standard InChI is InChI=1S/C15H20N2O3/c1-11(2)10-20-8-7-17-13-6-4-3-5-12(13)15(19)16-9-14(17)18/h3-6,11H,7-10H2,1-2H3,(H,16,19). The molecule has 108 valence electrons. The van der Waals surface area contributed by atoms with E-state index in [0.29, 0.717) is 36.9 Å². The molecule has 0 radical (unpaired) electrons. The summed E-state index contributed by atoms with van der Waals surface area (Å²) in [4.78, 5) is 25.6. The molecular formula is C15H20N2O3. The molecule has 0 spiro atoms. The highest BCUT2D eigenvalue weighted by atomic mass is 16.5. The molecule has 0 saturated heterocycles. The van der Waals surface area contributed by atoms with Crippen molar-refractivity contribution in [1.82, 2.24) is 5.32 Å². The van der Waals surface area contributed by atoms with E-state index in [9.17, 15) is 9.59 Å². The topological polar surface area (TPSA) is 58.6 Å². The Morgan fingerprint density at radius 1 is 1.30 bits per heavy atom. The zero-order valence-electron chi connectivity index (χ0n) is 11.9. The van der Waals surface area contributed by atoms with Crippen LogP contribution < -0.4 is 10.2 Å². The number of carbonyl (C=O) groups is 2. The molecular weight excluding hydrogens is 256 g/mol. The quantitative estimate of drug-likeness (QED) is 0.828. The van der Waals surface area contributed by atoms with Crippen LogP contribution in [0.15, 0.2) is 24.3 Å². The van der Waals surface area contributed by atoms with Gasteiger partial charge >= 0.3 is 0 Å². The van der Waals surface area contributed by atoms with E-state index in [1.807, 2.05) is 6.07 Å². The number of amides is 2. The van der Waals surface area contributed by atoms with Gasteiger partial charge in [0, 0.05) is 13.2 Å². The second-order valence-electron chi connectivity index (χ2n) is 5.21. The Bertz CT molecular complexity index is 500. The van der Waals surface area contributed by atoms with Crippen LogP contribution in [0.3, 0.4) is 0 Å². The third kappa shape index (κ3) is 3.36. The highest BCUT2D eigenvalue weighted by Gasteiger charge is 2.25. The zero-order chi connectivity index (χ0) is 14.5. The molecule has 0 aromatic heterocycles. The first-order valence-electron chi connectivity index (χ1n) is 6.85. The van der Waals surface area contributed by atoms with Crippen LogP contribution in [0.25, 0.3) is 0 Å². The highest BCUT2D eigenvalue weighted by Crippen LogP contribution is 2.22. The van der Waals surface area contributed by atoms with Gasteiger partial charge in [-0.1, -0.05) is 26.0 Å². The lowest BCUT2D eigenvalue weighted by atomic mass is 10.1. The van der Waals surface area contributed by atoms with Crippen LogP contribution in [-0.4, -0.2) is 38.1 Å². The van der Waals surface area contributed by atoms with Crippen molar-refractivity contribution in [1.29, 1.82) is 0 Å². The van der Waals surface area contributed by atoms with E-state index in [1.54, 1.807) is 23.1 Å². The fraction of sp³-hybridized carbons (Fsp3) is 0.467. The largest absolute Gasteiger partial charge is 0.379 e. The number of rotatable bonds is 5. The van der Waals surface area contributed by atoms with Crippen molar-refractivity contribution in [3.05, 3.63) is 29.8 Å². The molecule has 20 heavy (non-hydrogen) atoms. The van der Waals surface area contributed by atoms with Crippen molar-refractivity contribution >= 4 is 17.5 Å². The van der Waals surface area contributed by atoms with Gasteiger partial charge < -0.3 is 15.0 Å². The second-order valence-corrected chi connectivity index (χ2v) is 5.21. The molecule has 1 aliphatic heterocycles. The normalized spacial score (nSPS) is 15.1. The highest BCUT2D eigenvalue weighted by molar-refractivity contribution is 6.09. The van der Waals surface area contributed by atoms with E-state index in [4.69, 9.17) is 4.74 Å². The Morgan fingerprint density at radius 3 is 2.80 bits per heavy atom. The Balaban J connectivity index is 2.11. The summed E-state index contributed by atoms with van der Waals surface area (Å²) in [6, 6.07) is 7.14. The van der Waals surface area contributed by atoms with Gasteiger partial charge in [-0.25, -0.2) is 0 Å². The maximum atomic E-state index is 12.1. The third-order valence-electron chi connectivity index (χ3n) is 3.05. The molecule has 1 aromatic carbocycles. The number of carbonyl (C=O) groups excluding carboxylic acids is 2. The SMILES string of the molecule is CC(C)COCCN1C(=O)CNC(=O)c2ccccc21. The van der Waals surface area contributed by atoms with Crippen LogP contribution in [0.2, 0.25) is 0 Å². The maximum absolute atomic E-state index is 12.1. The molecule has 0 aliphatic carbocycles. The number of nitrogens with zero attached hydrogens (tertiary/aromatic N) is 1. The van der Waals surface area contributed by atoms with Gasteiger partial charge in [0.2, 0.25) is 5.91 Å². The van der Waals surface area contributed by atoms with Gasteiger partial charge in [0.1, 0.15) is 0 Å². The number of para-hydroxylation sites is 1. The van der Waals surface area contributed by atoms with Crippen LogP contribution >= 0.6 is 0 Å². The van der Waals surface area contributed by atoms with Crippen molar-refractivity contribution in [3.63, 3.8) is 0 Å². The third-order valence-corrected chi connectivity index (χ3v) is 3.05. The van der Waals surface area contributed by atoms with E-state index in [-0.39, 0.29) is 18.4 Å². The smallest absolute Gasteiger partial charge is 0.253 e. The number of hydrogen-bond donors (Lipinski definition) is 1. The van der Waals surface area contributed by atoms with E-state index in [0.717, 1.165) is 0 Å². The molecule has 1 aromatic rings. The van der Waals surface area contributed by atoms with Gasteiger partial charge in [0.25, 0.3) is 5.91 Å². The van der Waals surface area contributed by atoms with Crippen LogP contribution in [0.5, 0.6) is 0 Å². The number of nitrogens with one attached hydrogen (secondary N) is 1. The summed E-state index contributed by atoms with van der Waals surface area (Å²) in [5.41, 5.74) is 1.18. The number of fused-ring (bicyclic) bond motifs is 1. The van der Waals surface area contributed by atoms with Crippen molar-refractivity contribution in [2.45, 2.75) is 13.8 Å². The molecule has 0 atom stereocenters. The molecule has 1 N–H and O–H groups in total. The molecule has 5 nitrogen and oxygen atoms in total. The predicted molar refractivity (Wildman–Crippen MR) is 76.8 cm³/mol. The fourth-order valence-electron chi connectivity index (χ4n) is 2.10. The van der Waals surface area contributed by atoms with Gasteiger partial charge in [-0.15, -0.1) is 0 Å². The Kier molecular flexibility index (Phi) is 4.74. The monoisotopic (exact) mass is 276 g/mol. The predicted octanol–water partition coefficient (Wildman–Crippen LogP) is 1.44. The first-order chi connectivity index (χ1) is 9.59. The average molecular weight is 276 g/mol. The molecule has 1 aliphatic rings. The van der Waals surface area contributed by atoms with Crippen molar-refractivity contribution in [2.75, 3.05) is 31.2 Å². The van der Waals surface area contributed by atoms with E-state index >= 15 is 0 Å². The summed E-state index contributed by atoms with van der Waals surface area (Å²) < 4.78 is 5.53. The van der Waals surface area contributed by atoms with Gasteiger partial charge in [-0.2, -0.15) is 0 Å². The summed E-state index contributed by atoms with van der Waals surface area (Å²) in [7, 11) is 0. The average Bonchev–Trinajstić information content (AvgIpc) is 2.55. The summed E-state index contributed by atoms with van der Waals surface area (Å²) in [5, 5.41) is 2.62. The van der Waals surface area contributed by atoms with Gasteiger partial charge in [-0.05, 0) is 18.1 Å². The Hall–Kier alpha value is -1.88. The molecule has 0 saturated carbocycles. The maximum Gasteiger partial charge on any atom is 0.253 e. The molecule has 0 bridgehead atoms. The summed E-state index contributed by atoms with van der Waals surface area (Å²) in [6.45, 7) is 5.77. The Labute approximate surface area is 118 Å². The summed E-state index contributed by atoms with van der Waals surface area (Å²) in [6.07, 6.45) is 0. The lowest BCUT2D eigenvalue weighted by Crippen LogP contribution is -2.38. The molecule has 1 heterocycles. The van der Waals surface area contributed by atoms with E-state index in [1.165, 1.54) is 0 Å². The van der Waals surface area contributed by atoms with Gasteiger partial charge in [-0.3, -0.25) is 9.59 Å². The molecule has 2 amide bonds. The molecule has 5 heteroatoms. The molecule has 0 unspecified atom stereocenters. The number of anilines is 1. The van der Waals surface area contributed by atoms with Crippen molar-refractivity contribution in [2.24, 2.45) is 5.92 Å². The summed E-state index contributed by atoms with van der Waals surface area (Å²) in [5.74, 6) is 0.140. The van der Waals surface area contributed by atoms with E-state index < -0.39 is 0 Å². The lowest BCUT2D eigenvalue weighted by Gasteiger charge is -2.22. The number of hydrogen-bond acceptors (Lipinski definition) is 3. The van der Waals surface area contributed by atoms with Crippen LogP contribution in [0, 0.1) is 5.92 Å². The first kappa shape index (κ1) is 14.5. The summed E-state index contributed by atoms with van der Waals surface area (Å²) >= 11 is 0. The van der Waals surface area contributed by atoms with Gasteiger partial charge in [0.05, 0.1) is 24.4 Å². The fourth-order valence-corrected chi connectivity index (χ4v) is 2.10. The lowest BCUT2D eigenvalue weighted by molar-refractivity contribution is -0.117. The Morgan fingerprint density at radius 2 is 2.05 bits per heavy atom. The second kappa shape index (κ2) is 6.52. The zero-order valence-corrected chi connectivity index (χ0v) is 11.9. The molecule has 0 fully saturated rings. The van der Waals surface area contributed by atoms with Crippen LogP contribution in [0.1, 0.15) is 24.2 Å². The minimum absolute atomic E-state index is 0.0255.